The van der Waals surface area contributed by atoms with Crippen LogP contribution >= 0.6 is 33.9 Å². The molecule has 0 saturated heterocycles. The minimum absolute atomic E-state index is 0.0259. The van der Waals surface area contributed by atoms with Gasteiger partial charge in [-0.05, 0) is 40.8 Å². The molecule has 1 aromatic heterocycles. The molecule has 0 aliphatic carbocycles. The molecule has 14 heavy (non-hydrogen) atoms. The van der Waals surface area contributed by atoms with E-state index in [4.69, 9.17) is 5.73 Å². The zero-order chi connectivity index (χ0) is 10.3. The quantitative estimate of drug-likeness (QED) is 0.787. The zero-order valence-electron chi connectivity index (χ0n) is 6.93. The summed E-state index contributed by atoms with van der Waals surface area (Å²) in [4.78, 5) is -0.0259. The molecule has 0 aliphatic heterocycles. The van der Waals surface area contributed by atoms with Crippen molar-refractivity contribution in [2.24, 2.45) is 0 Å². The van der Waals surface area contributed by atoms with E-state index in [0.717, 1.165) is 25.0 Å². The Labute approximate surface area is 97.1 Å². The molecule has 0 saturated carbocycles. The summed E-state index contributed by atoms with van der Waals surface area (Å²) in [6, 6.07) is 5.53. The maximum Gasteiger partial charge on any atom is 0.274 e. The van der Waals surface area contributed by atoms with Crippen LogP contribution in [-0.4, -0.2) is 0 Å². The highest BCUT2D eigenvalue weighted by Crippen LogP contribution is 2.39. The highest BCUT2D eigenvalue weighted by Gasteiger charge is 2.17. The Kier molecular flexibility index (Phi) is 2.61. The Hall–Kier alpha value is -0.430. The van der Waals surface area contributed by atoms with Crippen LogP contribution in [0.15, 0.2) is 18.2 Å². The van der Waals surface area contributed by atoms with Gasteiger partial charge in [0.25, 0.3) is 6.43 Å². The molecule has 0 unspecified atom stereocenters. The second-order valence-electron chi connectivity index (χ2n) is 2.82. The molecule has 5 heteroatoms. The van der Waals surface area contributed by atoms with Crippen LogP contribution in [0.25, 0.3) is 10.1 Å². The van der Waals surface area contributed by atoms with Crippen molar-refractivity contribution in [2.75, 3.05) is 5.73 Å². The monoisotopic (exact) mass is 325 g/mol. The lowest BCUT2D eigenvalue weighted by molar-refractivity contribution is 0.156. The highest BCUT2D eigenvalue weighted by molar-refractivity contribution is 14.1. The van der Waals surface area contributed by atoms with E-state index < -0.39 is 6.43 Å². The second-order valence-corrected chi connectivity index (χ2v) is 5.15. The average Bonchev–Trinajstić information content (AvgIpc) is 2.44. The van der Waals surface area contributed by atoms with Gasteiger partial charge in [0.05, 0.1) is 10.6 Å². The Morgan fingerprint density at radius 3 is 2.71 bits per heavy atom. The van der Waals surface area contributed by atoms with Crippen molar-refractivity contribution in [3.8, 4) is 0 Å². The van der Waals surface area contributed by atoms with E-state index in [1.54, 1.807) is 0 Å². The number of anilines is 1. The topological polar surface area (TPSA) is 26.0 Å². The Balaban J connectivity index is 2.74. The van der Waals surface area contributed by atoms with Crippen LogP contribution in [0.1, 0.15) is 11.3 Å². The third-order valence-electron chi connectivity index (χ3n) is 1.92. The molecule has 2 aromatic rings. The number of hydrogen-bond donors (Lipinski definition) is 1. The molecule has 0 bridgehead atoms. The van der Waals surface area contributed by atoms with Crippen molar-refractivity contribution >= 4 is 49.7 Å². The summed E-state index contributed by atoms with van der Waals surface area (Å²) in [6.45, 7) is 0. The first-order valence-electron chi connectivity index (χ1n) is 3.85. The SMILES string of the molecule is Nc1c(C(F)F)sc2ccc(I)cc12. The van der Waals surface area contributed by atoms with Crippen molar-refractivity contribution < 1.29 is 8.78 Å². The van der Waals surface area contributed by atoms with Gasteiger partial charge < -0.3 is 5.73 Å². The van der Waals surface area contributed by atoms with E-state index >= 15 is 0 Å². The number of benzene rings is 1. The summed E-state index contributed by atoms with van der Waals surface area (Å²) >= 11 is 3.20. The number of rotatable bonds is 1. The second kappa shape index (κ2) is 3.62. The minimum Gasteiger partial charge on any atom is -0.397 e. The van der Waals surface area contributed by atoms with E-state index in [1.807, 2.05) is 18.2 Å². The third-order valence-corrected chi connectivity index (χ3v) is 3.78. The molecule has 0 fully saturated rings. The van der Waals surface area contributed by atoms with Gasteiger partial charge in [-0.2, -0.15) is 0 Å². The maximum atomic E-state index is 12.5. The van der Waals surface area contributed by atoms with Crippen molar-refractivity contribution in [1.82, 2.24) is 0 Å². The van der Waals surface area contributed by atoms with Crippen LogP contribution in [0.2, 0.25) is 0 Å². The first-order valence-corrected chi connectivity index (χ1v) is 5.74. The van der Waals surface area contributed by atoms with E-state index in [9.17, 15) is 8.78 Å². The summed E-state index contributed by atoms with van der Waals surface area (Å²) in [6.07, 6.45) is -2.48. The zero-order valence-corrected chi connectivity index (χ0v) is 9.90. The molecule has 1 aromatic carbocycles. The normalized spacial score (nSPS) is 11.4. The summed E-state index contributed by atoms with van der Waals surface area (Å²) in [5, 5.41) is 0.734. The summed E-state index contributed by atoms with van der Waals surface area (Å²) < 4.78 is 26.8. The first-order chi connectivity index (χ1) is 6.59. The highest BCUT2D eigenvalue weighted by atomic mass is 127. The number of fused-ring (bicyclic) bond motifs is 1. The molecule has 0 atom stereocenters. The first kappa shape index (κ1) is 10.1. The summed E-state index contributed by atoms with van der Waals surface area (Å²) in [5.41, 5.74) is 5.86. The van der Waals surface area contributed by atoms with Crippen molar-refractivity contribution in [1.29, 1.82) is 0 Å². The molecule has 2 N–H and O–H groups in total. The van der Waals surface area contributed by atoms with Gasteiger partial charge >= 0.3 is 0 Å². The molecule has 0 aliphatic rings. The fourth-order valence-corrected chi connectivity index (χ4v) is 2.72. The van der Waals surface area contributed by atoms with Crippen LogP contribution in [-0.2, 0) is 0 Å². The number of hydrogen-bond acceptors (Lipinski definition) is 2. The van der Waals surface area contributed by atoms with Crippen LogP contribution in [0.5, 0.6) is 0 Å². The molecular formula is C9H6F2INS. The average molecular weight is 325 g/mol. The maximum absolute atomic E-state index is 12.5. The van der Waals surface area contributed by atoms with Gasteiger partial charge in [0.1, 0.15) is 0 Å². The number of halogens is 3. The predicted octanol–water partition coefficient (Wildman–Crippen LogP) is 4.03. The molecular weight excluding hydrogens is 319 g/mol. The molecule has 0 spiro atoms. The van der Waals surface area contributed by atoms with Gasteiger partial charge in [0.15, 0.2) is 0 Å². The van der Waals surface area contributed by atoms with Gasteiger partial charge in [0.2, 0.25) is 0 Å². The standard InChI is InChI=1S/C9H6F2INS/c10-9(11)8-7(13)5-3-4(12)1-2-6(5)14-8/h1-3,9H,13H2. The van der Waals surface area contributed by atoms with Crippen molar-refractivity contribution in [2.45, 2.75) is 6.43 Å². The van der Waals surface area contributed by atoms with E-state index in [-0.39, 0.29) is 10.6 Å². The molecule has 0 radical (unpaired) electrons. The summed E-state index contributed by atoms with van der Waals surface area (Å²) in [7, 11) is 0. The third kappa shape index (κ3) is 1.58. The van der Waals surface area contributed by atoms with Crippen LogP contribution < -0.4 is 5.73 Å². The number of nitrogen functional groups attached to an aromatic ring is 1. The van der Waals surface area contributed by atoms with Gasteiger partial charge in [-0.15, -0.1) is 11.3 Å². The van der Waals surface area contributed by atoms with Crippen molar-refractivity contribution in [3.05, 3.63) is 26.6 Å². The van der Waals surface area contributed by atoms with E-state index in [0.29, 0.717) is 0 Å². The van der Waals surface area contributed by atoms with Crippen molar-refractivity contribution in [3.63, 3.8) is 0 Å². The molecule has 0 amide bonds. The number of alkyl halides is 2. The fourth-order valence-electron chi connectivity index (χ4n) is 1.27. The molecule has 74 valence electrons. The Morgan fingerprint density at radius 2 is 2.07 bits per heavy atom. The van der Waals surface area contributed by atoms with E-state index in [2.05, 4.69) is 22.6 Å². The number of nitrogens with two attached hydrogens (primary N) is 1. The van der Waals surface area contributed by atoms with Gasteiger partial charge in [0, 0.05) is 13.7 Å². The molecule has 1 nitrogen and oxygen atoms in total. The van der Waals surface area contributed by atoms with Gasteiger partial charge in [-0.3, -0.25) is 0 Å². The number of thiophene rings is 1. The molecule has 1 heterocycles. The largest absolute Gasteiger partial charge is 0.397 e. The predicted molar refractivity (Wildman–Crippen MR) is 63.9 cm³/mol. The smallest absolute Gasteiger partial charge is 0.274 e. The Morgan fingerprint density at radius 1 is 1.36 bits per heavy atom. The van der Waals surface area contributed by atoms with Gasteiger partial charge in [-0.1, -0.05) is 0 Å². The van der Waals surface area contributed by atoms with Crippen LogP contribution in [0.4, 0.5) is 14.5 Å². The lowest BCUT2D eigenvalue weighted by atomic mass is 10.2. The molecule has 2 rings (SSSR count). The van der Waals surface area contributed by atoms with Gasteiger partial charge in [-0.25, -0.2) is 8.78 Å². The van der Waals surface area contributed by atoms with E-state index in [1.165, 1.54) is 0 Å². The lowest BCUT2D eigenvalue weighted by Gasteiger charge is -1.95. The minimum atomic E-state index is -2.48. The van der Waals surface area contributed by atoms with Crippen LogP contribution in [0.3, 0.4) is 0 Å². The lowest BCUT2D eigenvalue weighted by Crippen LogP contribution is -1.88. The van der Waals surface area contributed by atoms with Crippen LogP contribution in [0, 0.1) is 3.57 Å². The summed E-state index contributed by atoms with van der Waals surface area (Å²) in [5.74, 6) is 0. The fraction of sp³-hybridized carbons (Fsp3) is 0.111. The Bertz CT molecular complexity index is 481.